The summed E-state index contributed by atoms with van der Waals surface area (Å²) in [5.41, 5.74) is -0.287. The van der Waals surface area contributed by atoms with E-state index in [0.717, 1.165) is 32.7 Å². The van der Waals surface area contributed by atoms with E-state index in [0.29, 0.717) is 6.54 Å². The Hall–Kier alpha value is -0.610. The summed E-state index contributed by atoms with van der Waals surface area (Å²) in [7, 11) is 0. The number of carbonyl (C=O) groups excluding carboxylic acids is 1. The standard InChI is InChI=1S/C14H28N2O2/c1-6-14(5,16-7-9-18-10-8-16)11-15-12(17)13(2,3)4/h6-11H2,1-5H3,(H,15,17). The van der Waals surface area contributed by atoms with Crippen molar-refractivity contribution in [3.05, 3.63) is 0 Å². The number of morpholine rings is 1. The molecule has 18 heavy (non-hydrogen) atoms. The van der Waals surface area contributed by atoms with Gasteiger partial charge in [-0.05, 0) is 13.3 Å². The summed E-state index contributed by atoms with van der Waals surface area (Å²) in [6, 6.07) is 0. The lowest BCUT2D eigenvalue weighted by Crippen LogP contribution is -2.57. The highest BCUT2D eigenvalue weighted by molar-refractivity contribution is 5.81. The van der Waals surface area contributed by atoms with Gasteiger partial charge in [-0.3, -0.25) is 9.69 Å². The van der Waals surface area contributed by atoms with Crippen LogP contribution in [0.5, 0.6) is 0 Å². The van der Waals surface area contributed by atoms with Crippen LogP contribution in [0.4, 0.5) is 0 Å². The highest BCUT2D eigenvalue weighted by Crippen LogP contribution is 2.21. The number of nitrogens with one attached hydrogen (secondary N) is 1. The van der Waals surface area contributed by atoms with Crippen LogP contribution in [0.1, 0.15) is 41.0 Å². The number of hydrogen-bond donors (Lipinski definition) is 1. The topological polar surface area (TPSA) is 41.6 Å². The zero-order valence-corrected chi connectivity index (χ0v) is 12.5. The second-order valence-electron chi connectivity index (χ2n) is 6.38. The Bertz CT molecular complexity index is 280. The number of amides is 1. The lowest BCUT2D eigenvalue weighted by atomic mass is 9.92. The zero-order valence-electron chi connectivity index (χ0n) is 12.5. The number of nitrogens with zero attached hydrogens (tertiary/aromatic N) is 1. The third-order valence-corrected chi connectivity index (χ3v) is 3.85. The van der Waals surface area contributed by atoms with Crippen molar-refractivity contribution in [1.82, 2.24) is 10.2 Å². The largest absolute Gasteiger partial charge is 0.379 e. The van der Waals surface area contributed by atoms with Gasteiger partial charge in [-0.1, -0.05) is 27.7 Å². The highest BCUT2D eigenvalue weighted by Gasteiger charge is 2.32. The number of ether oxygens (including phenoxy) is 1. The Kier molecular flexibility index (Phi) is 5.17. The number of rotatable bonds is 4. The fraction of sp³-hybridized carbons (Fsp3) is 0.929. The first kappa shape index (κ1) is 15.4. The van der Waals surface area contributed by atoms with Crippen LogP contribution in [0.2, 0.25) is 0 Å². The Labute approximate surface area is 111 Å². The van der Waals surface area contributed by atoms with E-state index in [4.69, 9.17) is 4.74 Å². The van der Waals surface area contributed by atoms with Crippen LogP contribution in [-0.2, 0) is 9.53 Å². The van der Waals surface area contributed by atoms with Crippen molar-refractivity contribution in [2.24, 2.45) is 5.41 Å². The van der Waals surface area contributed by atoms with Gasteiger partial charge in [0, 0.05) is 30.6 Å². The Morgan fingerprint density at radius 2 is 1.78 bits per heavy atom. The Morgan fingerprint density at radius 3 is 2.22 bits per heavy atom. The molecule has 1 saturated heterocycles. The summed E-state index contributed by atoms with van der Waals surface area (Å²) in [5, 5.41) is 3.09. The van der Waals surface area contributed by atoms with E-state index in [1.54, 1.807) is 0 Å². The van der Waals surface area contributed by atoms with Gasteiger partial charge in [0.2, 0.25) is 5.91 Å². The van der Waals surface area contributed by atoms with E-state index >= 15 is 0 Å². The molecule has 0 saturated carbocycles. The summed E-state index contributed by atoms with van der Waals surface area (Å²) < 4.78 is 5.39. The molecule has 0 bridgehead atoms. The van der Waals surface area contributed by atoms with Crippen molar-refractivity contribution in [1.29, 1.82) is 0 Å². The number of carbonyl (C=O) groups is 1. The van der Waals surface area contributed by atoms with Crippen molar-refractivity contribution < 1.29 is 9.53 Å². The van der Waals surface area contributed by atoms with Crippen LogP contribution in [0.3, 0.4) is 0 Å². The molecular weight excluding hydrogens is 228 g/mol. The van der Waals surface area contributed by atoms with E-state index < -0.39 is 0 Å². The van der Waals surface area contributed by atoms with Gasteiger partial charge in [0.05, 0.1) is 13.2 Å². The lowest BCUT2D eigenvalue weighted by Gasteiger charge is -2.43. The fourth-order valence-electron chi connectivity index (χ4n) is 2.10. The van der Waals surface area contributed by atoms with Crippen molar-refractivity contribution in [3.8, 4) is 0 Å². The smallest absolute Gasteiger partial charge is 0.225 e. The van der Waals surface area contributed by atoms with Crippen molar-refractivity contribution in [2.45, 2.75) is 46.6 Å². The minimum Gasteiger partial charge on any atom is -0.379 e. The van der Waals surface area contributed by atoms with Crippen LogP contribution >= 0.6 is 0 Å². The van der Waals surface area contributed by atoms with Gasteiger partial charge in [-0.2, -0.15) is 0 Å². The molecule has 1 N–H and O–H groups in total. The SMILES string of the molecule is CCC(C)(CNC(=O)C(C)(C)C)N1CCOCC1. The summed E-state index contributed by atoms with van der Waals surface area (Å²) in [6.45, 7) is 14.4. The molecule has 1 rings (SSSR count). The average molecular weight is 256 g/mol. The molecule has 4 heteroatoms. The summed E-state index contributed by atoms with van der Waals surface area (Å²) in [4.78, 5) is 14.4. The molecule has 4 nitrogen and oxygen atoms in total. The monoisotopic (exact) mass is 256 g/mol. The highest BCUT2D eigenvalue weighted by atomic mass is 16.5. The number of hydrogen-bond acceptors (Lipinski definition) is 3. The van der Waals surface area contributed by atoms with Crippen molar-refractivity contribution in [2.75, 3.05) is 32.8 Å². The van der Waals surface area contributed by atoms with Crippen molar-refractivity contribution in [3.63, 3.8) is 0 Å². The third kappa shape index (κ3) is 3.95. The first-order valence-electron chi connectivity index (χ1n) is 6.91. The predicted octanol–water partition coefficient (Wildman–Crippen LogP) is 1.65. The van der Waals surface area contributed by atoms with Crippen molar-refractivity contribution >= 4 is 5.91 Å². The molecule has 0 aliphatic carbocycles. The summed E-state index contributed by atoms with van der Waals surface area (Å²) in [6.07, 6.45) is 1.03. The molecule has 0 radical (unpaired) electrons. The lowest BCUT2D eigenvalue weighted by molar-refractivity contribution is -0.129. The van der Waals surface area contributed by atoms with Crippen LogP contribution in [0, 0.1) is 5.41 Å². The minimum absolute atomic E-state index is 0.0324. The predicted molar refractivity (Wildman–Crippen MR) is 73.6 cm³/mol. The maximum atomic E-state index is 12.0. The molecule has 1 aliphatic rings. The molecule has 0 aromatic carbocycles. The van der Waals surface area contributed by atoms with Gasteiger partial charge in [-0.25, -0.2) is 0 Å². The fourth-order valence-corrected chi connectivity index (χ4v) is 2.10. The van der Waals surface area contributed by atoms with E-state index in [1.807, 2.05) is 20.8 Å². The molecule has 1 aliphatic heterocycles. The molecule has 1 unspecified atom stereocenters. The van der Waals surface area contributed by atoms with Gasteiger partial charge in [-0.15, -0.1) is 0 Å². The van der Waals surface area contributed by atoms with E-state index in [2.05, 4.69) is 24.1 Å². The summed E-state index contributed by atoms with van der Waals surface area (Å²) in [5.74, 6) is 0.121. The molecule has 1 fully saturated rings. The van der Waals surface area contributed by atoms with E-state index in [-0.39, 0.29) is 16.9 Å². The van der Waals surface area contributed by atoms with Gasteiger partial charge in [0.15, 0.2) is 0 Å². The normalized spacial score (nSPS) is 21.4. The molecule has 0 aromatic heterocycles. The zero-order chi connectivity index (χ0) is 13.8. The first-order chi connectivity index (χ1) is 8.29. The van der Waals surface area contributed by atoms with Gasteiger partial charge in [0.1, 0.15) is 0 Å². The second-order valence-corrected chi connectivity index (χ2v) is 6.38. The maximum absolute atomic E-state index is 12.0. The van der Waals surface area contributed by atoms with Gasteiger partial charge < -0.3 is 10.1 Å². The third-order valence-electron chi connectivity index (χ3n) is 3.85. The Balaban J connectivity index is 2.56. The molecular formula is C14H28N2O2. The molecule has 1 heterocycles. The van der Waals surface area contributed by atoms with Crippen LogP contribution in [0.25, 0.3) is 0 Å². The molecule has 106 valence electrons. The first-order valence-corrected chi connectivity index (χ1v) is 6.91. The minimum atomic E-state index is -0.320. The average Bonchev–Trinajstić information content (AvgIpc) is 2.35. The van der Waals surface area contributed by atoms with Crippen LogP contribution in [0.15, 0.2) is 0 Å². The van der Waals surface area contributed by atoms with Crippen LogP contribution < -0.4 is 5.32 Å². The van der Waals surface area contributed by atoms with E-state index in [1.165, 1.54) is 0 Å². The molecule has 1 amide bonds. The van der Waals surface area contributed by atoms with Gasteiger partial charge >= 0.3 is 0 Å². The van der Waals surface area contributed by atoms with Crippen LogP contribution in [-0.4, -0.2) is 49.2 Å². The maximum Gasteiger partial charge on any atom is 0.225 e. The van der Waals surface area contributed by atoms with Gasteiger partial charge in [0.25, 0.3) is 0 Å². The second kappa shape index (κ2) is 6.02. The quantitative estimate of drug-likeness (QED) is 0.831. The Morgan fingerprint density at radius 1 is 1.22 bits per heavy atom. The molecule has 0 aromatic rings. The van der Waals surface area contributed by atoms with E-state index in [9.17, 15) is 4.79 Å². The summed E-state index contributed by atoms with van der Waals surface area (Å²) >= 11 is 0. The molecule has 0 spiro atoms. The molecule has 1 atom stereocenters.